The summed E-state index contributed by atoms with van der Waals surface area (Å²) in [4.78, 5) is 24.6. The lowest BCUT2D eigenvalue weighted by atomic mass is 9.97. The molecule has 1 unspecified atom stereocenters. The Morgan fingerprint density at radius 3 is 2.46 bits per heavy atom. The Labute approximate surface area is 218 Å². The standard InChI is InChI=1S/C28H33N3O5S/c1-20-9-6-7-12-25(20)31-14-13-30(36-27(32)35-28(2,3)4)19-26(31)22-11-8-10-21(15-22)23-16-24(18-29-17-23)37(5,33)34/h6-12,15-18,26H,13-14,19H2,1-5H3. The Kier molecular flexibility index (Phi) is 7.57. The van der Waals surface area contributed by atoms with E-state index in [1.807, 2.05) is 36.4 Å². The van der Waals surface area contributed by atoms with Gasteiger partial charge in [-0.1, -0.05) is 36.4 Å². The molecular weight excluding hydrogens is 490 g/mol. The monoisotopic (exact) mass is 523 g/mol. The van der Waals surface area contributed by atoms with Crippen LogP contribution in [0, 0.1) is 6.92 Å². The molecule has 0 amide bonds. The summed E-state index contributed by atoms with van der Waals surface area (Å²) in [7, 11) is -3.38. The number of sulfone groups is 1. The minimum atomic E-state index is -3.38. The summed E-state index contributed by atoms with van der Waals surface area (Å²) in [6.07, 6.45) is 3.46. The van der Waals surface area contributed by atoms with Gasteiger partial charge in [0.05, 0.1) is 24.0 Å². The number of pyridine rings is 1. The lowest BCUT2D eigenvalue weighted by Crippen LogP contribution is -2.49. The number of benzene rings is 2. The van der Waals surface area contributed by atoms with Crippen molar-refractivity contribution in [3.05, 3.63) is 78.1 Å². The van der Waals surface area contributed by atoms with Crippen molar-refractivity contribution >= 4 is 21.7 Å². The van der Waals surface area contributed by atoms with E-state index in [0.717, 1.165) is 22.4 Å². The van der Waals surface area contributed by atoms with E-state index in [2.05, 4.69) is 28.9 Å². The van der Waals surface area contributed by atoms with Gasteiger partial charge in [-0.15, -0.1) is 5.06 Å². The van der Waals surface area contributed by atoms with Crippen LogP contribution in [0.15, 0.2) is 71.9 Å². The number of ether oxygens (including phenoxy) is 1. The fourth-order valence-corrected chi connectivity index (χ4v) is 4.97. The van der Waals surface area contributed by atoms with Gasteiger partial charge in [-0.05, 0) is 62.6 Å². The number of aryl methyl sites for hydroxylation is 1. The Balaban J connectivity index is 1.68. The number of rotatable bonds is 5. The molecule has 1 saturated heterocycles. The second kappa shape index (κ2) is 10.5. The van der Waals surface area contributed by atoms with Crippen LogP contribution in [0.4, 0.5) is 10.5 Å². The smallest absolute Gasteiger partial charge is 0.427 e. The second-order valence-corrected chi connectivity index (χ2v) is 12.3. The van der Waals surface area contributed by atoms with Gasteiger partial charge in [-0.25, -0.2) is 13.2 Å². The molecule has 1 aliphatic heterocycles. The third kappa shape index (κ3) is 6.67. The molecule has 4 rings (SSSR count). The number of anilines is 1. The number of hydrogen-bond donors (Lipinski definition) is 0. The highest BCUT2D eigenvalue weighted by Crippen LogP contribution is 2.34. The van der Waals surface area contributed by atoms with Crippen LogP contribution in [-0.4, -0.2) is 56.1 Å². The van der Waals surface area contributed by atoms with E-state index in [1.54, 1.807) is 38.1 Å². The molecule has 37 heavy (non-hydrogen) atoms. The van der Waals surface area contributed by atoms with E-state index in [9.17, 15) is 13.2 Å². The third-order valence-corrected chi connectivity index (χ3v) is 7.19. The van der Waals surface area contributed by atoms with Crippen molar-refractivity contribution in [1.82, 2.24) is 10.0 Å². The number of hydrogen-bond acceptors (Lipinski definition) is 8. The summed E-state index contributed by atoms with van der Waals surface area (Å²) in [5.74, 6) is 0. The average Bonchev–Trinajstić information content (AvgIpc) is 2.83. The van der Waals surface area contributed by atoms with Crippen molar-refractivity contribution in [2.24, 2.45) is 0 Å². The molecule has 0 spiro atoms. The predicted molar refractivity (Wildman–Crippen MR) is 143 cm³/mol. The van der Waals surface area contributed by atoms with Gasteiger partial charge >= 0.3 is 6.16 Å². The number of para-hydroxylation sites is 1. The molecule has 0 saturated carbocycles. The van der Waals surface area contributed by atoms with Crippen LogP contribution in [0.2, 0.25) is 0 Å². The first-order chi connectivity index (χ1) is 17.4. The molecule has 1 aromatic heterocycles. The zero-order valence-electron chi connectivity index (χ0n) is 21.8. The molecular formula is C28H33N3O5S. The van der Waals surface area contributed by atoms with Gasteiger partial charge in [-0.2, -0.15) is 0 Å². The number of carbonyl (C=O) groups excluding carboxylic acids is 1. The van der Waals surface area contributed by atoms with Crippen LogP contribution in [0.25, 0.3) is 11.1 Å². The number of carbonyl (C=O) groups is 1. The summed E-state index contributed by atoms with van der Waals surface area (Å²) >= 11 is 0. The zero-order chi connectivity index (χ0) is 26.8. The Morgan fingerprint density at radius 1 is 1.00 bits per heavy atom. The van der Waals surface area contributed by atoms with Crippen molar-refractivity contribution in [3.63, 3.8) is 0 Å². The first-order valence-electron chi connectivity index (χ1n) is 12.1. The molecule has 0 bridgehead atoms. The Hall–Kier alpha value is -3.43. The maximum Gasteiger partial charge on any atom is 0.528 e. The Bertz CT molecular complexity index is 1380. The molecule has 2 aromatic carbocycles. The molecule has 8 nitrogen and oxygen atoms in total. The fraction of sp³-hybridized carbons (Fsp3) is 0.357. The fourth-order valence-electron chi connectivity index (χ4n) is 4.38. The first kappa shape index (κ1) is 26.6. The van der Waals surface area contributed by atoms with Gasteiger partial charge in [0.15, 0.2) is 9.84 Å². The molecule has 0 N–H and O–H groups in total. The molecule has 1 aliphatic rings. The van der Waals surface area contributed by atoms with Gasteiger partial charge in [0, 0.05) is 36.4 Å². The molecule has 1 atom stereocenters. The zero-order valence-corrected chi connectivity index (χ0v) is 22.7. The van der Waals surface area contributed by atoms with Crippen LogP contribution >= 0.6 is 0 Å². The van der Waals surface area contributed by atoms with Crippen LogP contribution in [0.5, 0.6) is 0 Å². The largest absolute Gasteiger partial charge is 0.528 e. The molecule has 0 radical (unpaired) electrons. The van der Waals surface area contributed by atoms with Crippen LogP contribution < -0.4 is 4.90 Å². The maximum absolute atomic E-state index is 12.4. The first-order valence-corrected chi connectivity index (χ1v) is 14.0. The molecule has 196 valence electrons. The van der Waals surface area contributed by atoms with Crippen molar-refractivity contribution in [2.45, 2.75) is 44.2 Å². The highest BCUT2D eigenvalue weighted by atomic mass is 32.2. The highest BCUT2D eigenvalue weighted by Gasteiger charge is 2.32. The van der Waals surface area contributed by atoms with E-state index in [1.165, 1.54) is 12.5 Å². The van der Waals surface area contributed by atoms with Crippen molar-refractivity contribution in [2.75, 3.05) is 30.8 Å². The average molecular weight is 524 g/mol. The number of hydroxylamine groups is 2. The minimum Gasteiger partial charge on any atom is -0.427 e. The quantitative estimate of drug-likeness (QED) is 0.422. The summed E-state index contributed by atoms with van der Waals surface area (Å²) < 4.78 is 29.5. The summed E-state index contributed by atoms with van der Waals surface area (Å²) in [6, 6.07) is 17.7. The summed E-state index contributed by atoms with van der Waals surface area (Å²) in [5.41, 5.74) is 4.17. The summed E-state index contributed by atoms with van der Waals surface area (Å²) in [6.45, 7) is 9.05. The SMILES string of the molecule is Cc1ccccc1N1CCN(OC(=O)OC(C)(C)C)CC1c1cccc(-c2cncc(S(C)(=O)=O)c2)c1. The molecule has 3 aromatic rings. The second-order valence-electron chi connectivity index (χ2n) is 10.2. The normalized spacial score (nSPS) is 16.9. The lowest BCUT2D eigenvalue weighted by molar-refractivity contribution is -0.150. The Morgan fingerprint density at radius 2 is 1.76 bits per heavy atom. The van der Waals surface area contributed by atoms with Crippen molar-refractivity contribution in [3.8, 4) is 11.1 Å². The van der Waals surface area contributed by atoms with Crippen LogP contribution in [0.3, 0.4) is 0 Å². The van der Waals surface area contributed by atoms with Crippen LogP contribution in [-0.2, 0) is 19.4 Å². The molecule has 0 aliphatic carbocycles. The van der Waals surface area contributed by atoms with Crippen molar-refractivity contribution in [1.29, 1.82) is 0 Å². The van der Waals surface area contributed by atoms with E-state index >= 15 is 0 Å². The van der Waals surface area contributed by atoms with Gasteiger partial charge in [0.1, 0.15) is 5.60 Å². The minimum absolute atomic E-state index is 0.136. The summed E-state index contributed by atoms with van der Waals surface area (Å²) in [5, 5.41) is 1.64. The van der Waals surface area contributed by atoms with Crippen molar-refractivity contribution < 1.29 is 22.8 Å². The molecule has 9 heteroatoms. The maximum atomic E-state index is 12.4. The van der Waals surface area contributed by atoms with Crippen LogP contribution in [0.1, 0.15) is 37.9 Å². The van der Waals surface area contributed by atoms with E-state index < -0.39 is 21.6 Å². The lowest BCUT2D eigenvalue weighted by Gasteiger charge is -2.42. The van der Waals surface area contributed by atoms with E-state index in [-0.39, 0.29) is 10.9 Å². The van der Waals surface area contributed by atoms with E-state index in [4.69, 9.17) is 9.57 Å². The predicted octanol–water partition coefficient (Wildman–Crippen LogP) is 5.19. The van der Waals surface area contributed by atoms with Gasteiger partial charge in [0.25, 0.3) is 0 Å². The third-order valence-electron chi connectivity index (χ3n) is 6.11. The van der Waals surface area contributed by atoms with Gasteiger partial charge in [0.2, 0.25) is 0 Å². The number of aromatic nitrogens is 1. The van der Waals surface area contributed by atoms with Gasteiger partial charge in [-0.3, -0.25) is 4.98 Å². The van der Waals surface area contributed by atoms with E-state index in [0.29, 0.717) is 25.2 Å². The van der Waals surface area contributed by atoms with Gasteiger partial charge < -0.3 is 14.5 Å². The highest BCUT2D eigenvalue weighted by molar-refractivity contribution is 7.90. The topological polar surface area (TPSA) is 89.0 Å². The molecule has 1 fully saturated rings. The number of piperazine rings is 1. The number of nitrogens with zero attached hydrogens (tertiary/aromatic N) is 3. The molecule has 2 heterocycles.